The number of fused-ring (bicyclic) bond motifs is 1. The van der Waals surface area contributed by atoms with Gasteiger partial charge in [-0.05, 0) is 36.6 Å². The molecule has 0 atom stereocenters. The van der Waals surface area contributed by atoms with Gasteiger partial charge in [0.1, 0.15) is 5.52 Å². The number of thioether (sulfide) groups is 1. The first-order valence-corrected chi connectivity index (χ1v) is 11.2. The lowest BCUT2D eigenvalue weighted by Crippen LogP contribution is -2.35. The maximum Gasteiger partial charge on any atom is 0.338 e. The van der Waals surface area contributed by atoms with Gasteiger partial charge in [-0.1, -0.05) is 54.9 Å². The monoisotopic (exact) mass is 424 g/mol. The van der Waals surface area contributed by atoms with E-state index in [1.54, 1.807) is 17.0 Å². The average Bonchev–Trinajstić information content (AvgIpc) is 2.99. The Morgan fingerprint density at radius 2 is 1.73 bits per heavy atom. The molecule has 0 unspecified atom stereocenters. The molecule has 6 nitrogen and oxygen atoms in total. The van der Waals surface area contributed by atoms with Crippen molar-refractivity contribution in [2.45, 2.75) is 36.7 Å². The van der Waals surface area contributed by atoms with Gasteiger partial charge in [-0.15, -0.1) is 0 Å². The normalized spacial score (nSPS) is 14.5. The second-order valence-corrected chi connectivity index (χ2v) is 8.19. The summed E-state index contributed by atoms with van der Waals surface area (Å²) in [4.78, 5) is 31.3. The summed E-state index contributed by atoms with van der Waals surface area (Å²) >= 11 is 1.42. The number of benzene rings is 2. The molecule has 2 heterocycles. The highest BCUT2D eigenvalue weighted by molar-refractivity contribution is 7.98. The van der Waals surface area contributed by atoms with Crippen LogP contribution in [0.4, 0.5) is 0 Å². The van der Waals surface area contributed by atoms with Crippen LogP contribution in [0, 0.1) is 0 Å². The topological polar surface area (TPSA) is 72.6 Å². The Morgan fingerprint density at radius 3 is 2.53 bits per heavy atom. The van der Waals surface area contributed by atoms with E-state index in [1.807, 2.05) is 36.4 Å². The molecule has 2 aromatic carbocycles. The minimum atomic E-state index is -0.480. The molecule has 1 aromatic heterocycles. The predicted octanol–water partition coefficient (Wildman–Crippen LogP) is 4.68. The number of rotatable bonds is 6. The number of carbonyl (C=O) groups excluding carboxylic acids is 2. The minimum Gasteiger partial charge on any atom is -0.452 e. The van der Waals surface area contributed by atoms with E-state index in [1.165, 1.54) is 11.8 Å². The maximum absolute atomic E-state index is 12.6. The molecular formula is C23H24N2O4S. The fourth-order valence-electron chi connectivity index (χ4n) is 3.51. The maximum atomic E-state index is 12.6. The average molecular weight is 425 g/mol. The van der Waals surface area contributed by atoms with Crippen molar-refractivity contribution in [2.75, 3.05) is 19.7 Å². The summed E-state index contributed by atoms with van der Waals surface area (Å²) in [6.45, 7) is 1.27. The Hall–Kier alpha value is -2.80. The van der Waals surface area contributed by atoms with Crippen LogP contribution in [0.3, 0.4) is 0 Å². The Kier molecular flexibility index (Phi) is 6.69. The Balaban J connectivity index is 1.37. The van der Waals surface area contributed by atoms with E-state index in [0.717, 1.165) is 55.4 Å². The van der Waals surface area contributed by atoms with E-state index in [4.69, 9.17) is 9.15 Å². The summed E-state index contributed by atoms with van der Waals surface area (Å²) in [7, 11) is 0. The quantitative estimate of drug-likeness (QED) is 0.423. The summed E-state index contributed by atoms with van der Waals surface area (Å²) in [6.07, 6.45) is 4.31. The van der Waals surface area contributed by atoms with Gasteiger partial charge in [-0.25, -0.2) is 9.78 Å². The molecule has 1 aliphatic rings. The molecule has 156 valence electrons. The predicted molar refractivity (Wildman–Crippen MR) is 115 cm³/mol. The van der Waals surface area contributed by atoms with Crippen LogP contribution in [0.25, 0.3) is 11.1 Å². The SMILES string of the molecule is O=C(OCC(=O)N1CCCCCC1)c1ccccc1CSc1nc2ccccc2o1. The van der Waals surface area contributed by atoms with Crippen molar-refractivity contribution < 1.29 is 18.7 Å². The molecule has 0 radical (unpaired) electrons. The molecule has 30 heavy (non-hydrogen) atoms. The van der Waals surface area contributed by atoms with Crippen molar-refractivity contribution in [1.29, 1.82) is 0 Å². The van der Waals surface area contributed by atoms with Crippen molar-refractivity contribution in [1.82, 2.24) is 9.88 Å². The van der Waals surface area contributed by atoms with Gasteiger partial charge in [0, 0.05) is 18.8 Å². The minimum absolute atomic E-state index is 0.122. The lowest BCUT2D eigenvalue weighted by atomic mass is 10.1. The van der Waals surface area contributed by atoms with Gasteiger partial charge < -0.3 is 14.1 Å². The van der Waals surface area contributed by atoms with Gasteiger partial charge in [0.25, 0.3) is 11.1 Å². The molecule has 1 saturated heterocycles. The molecule has 3 aromatic rings. The molecular weight excluding hydrogens is 400 g/mol. The van der Waals surface area contributed by atoms with E-state index in [9.17, 15) is 9.59 Å². The molecule has 7 heteroatoms. The summed E-state index contributed by atoms with van der Waals surface area (Å²) in [6, 6.07) is 14.9. The Morgan fingerprint density at radius 1 is 1.00 bits per heavy atom. The number of amides is 1. The van der Waals surface area contributed by atoms with Gasteiger partial charge in [0.2, 0.25) is 0 Å². The largest absolute Gasteiger partial charge is 0.452 e. The molecule has 0 spiro atoms. The van der Waals surface area contributed by atoms with Gasteiger partial charge in [0.05, 0.1) is 5.56 Å². The van der Waals surface area contributed by atoms with E-state index >= 15 is 0 Å². The van der Waals surface area contributed by atoms with Crippen molar-refractivity contribution in [3.05, 3.63) is 59.7 Å². The van der Waals surface area contributed by atoms with Crippen LogP contribution >= 0.6 is 11.8 Å². The number of nitrogens with zero attached hydrogens (tertiary/aromatic N) is 2. The van der Waals surface area contributed by atoms with E-state index in [0.29, 0.717) is 16.5 Å². The standard InChI is InChI=1S/C23H24N2O4S/c26-21(25-13-7-1-2-8-14-25)15-28-22(27)18-10-4-3-9-17(18)16-30-23-24-19-11-5-6-12-20(19)29-23/h3-6,9-12H,1-2,7-8,13-16H2. The summed E-state index contributed by atoms with van der Waals surface area (Å²) < 4.78 is 11.1. The molecule has 0 aliphatic carbocycles. The molecule has 1 amide bonds. The van der Waals surface area contributed by atoms with Crippen LogP contribution in [-0.4, -0.2) is 41.5 Å². The van der Waals surface area contributed by atoms with Crippen molar-refractivity contribution in [3.63, 3.8) is 0 Å². The van der Waals surface area contributed by atoms with E-state index in [-0.39, 0.29) is 12.5 Å². The number of para-hydroxylation sites is 2. The number of aromatic nitrogens is 1. The van der Waals surface area contributed by atoms with Crippen LogP contribution in [0.15, 0.2) is 58.2 Å². The molecule has 0 saturated carbocycles. The van der Waals surface area contributed by atoms with Crippen molar-refractivity contribution in [3.8, 4) is 0 Å². The molecule has 4 rings (SSSR count). The zero-order valence-corrected chi connectivity index (χ0v) is 17.5. The van der Waals surface area contributed by atoms with Crippen LogP contribution in [0.1, 0.15) is 41.6 Å². The summed E-state index contributed by atoms with van der Waals surface area (Å²) in [5.41, 5.74) is 2.82. The zero-order chi connectivity index (χ0) is 20.8. The number of likely N-dealkylation sites (tertiary alicyclic amines) is 1. The van der Waals surface area contributed by atoms with E-state index < -0.39 is 5.97 Å². The van der Waals surface area contributed by atoms with Crippen LogP contribution in [0.5, 0.6) is 0 Å². The number of oxazole rings is 1. The second-order valence-electron chi connectivity index (χ2n) is 7.26. The smallest absolute Gasteiger partial charge is 0.338 e. The van der Waals surface area contributed by atoms with Crippen molar-refractivity contribution >= 4 is 34.7 Å². The molecule has 0 N–H and O–H groups in total. The van der Waals surface area contributed by atoms with Crippen LogP contribution < -0.4 is 0 Å². The highest BCUT2D eigenvalue weighted by atomic mass is 32.2. The number of carbonyl (C=O) groups is 2. The highest BCUT2D eigenvalue weighted by Gasteiger charge is 2.19. The molecule has 1 aliphatic heterocycles. The second kappa shape index (κ2) is 9.80. The van der Waals surface area contributed by atoms with Gasteiger partial charge in [-0.2, -0.15) is 0 Å². The van der Waals surface area contributed by atoms with Crippen molar-refractivity contribution in [2.24, 2.45) is 0 Å². The molecule has 0 bridgehead atoms. The highest BCUT2D eigenvalue weighted by Crippen LogP contribution is 2.27. The number of esters is 1. The van der Waals surface area contributed by atoms with Crippen LogP contribution in [0.2, 0.25) is 0 Å². The van der Waals surface area contributed by atoms with E-state index in [2.05, 4.69) is 4.98 Å². The lowest BCUT2D eigenvalue weighted by Gasteiger charge is -2.20. The summed E-state index contributed by atoms with van der Waals surface area (Å²) in [5, 5.41) is 0.552. The van der Waals surface area contributed by atoms with Gasteiger partial charge in [0.15, 0.2) is 12.2 Å². The van der Waals surface area contributed by atoms with Crippen LogP contribution in [-0.2, 0) is 15.3 Å². The first-order chi connectivity index (χ1) is 14.7. The Labute approximate surface area is 179 Å². The third kappa shape index (κ3) is 5.02. The first-order valence-electron chi connectivity index (χ1n) is 10.2. The number of hydrogen-bond acceptors (Lipinski definition) is 6. The Bertz CT molecular complexity index is 992. The van der Waals surface area contributed by atoms with Gasteiger partial charge >= 0.3 is 5.97 Å². The first kappa shape index (κ1) is 20.5. The summed E-state index contributed by atoms with van der Waals surface area (Å²) in [5.74, 6) is -0.0893. The third-order valence-electron chi connectivity index (χ3n) is 5.15. The number of ether oxygens (including phenoxy) is 1. The fourth-order valence-corrected chi connectivity index (χ4v) is 4.36. The fraction of sp³-hybridized carbons (Fsp3) is 0.348. The third-order valence-corrected chi connectivity index (χ3v) is 6.03. The lowest BCUT2D eigenvalue weighted by molar-refractivity contribution is -0.134. The molecule has 1 fully saturated rings. The zero-order valence-electron chi connectivity index (χ0n) is 16.7. The van der Waals surface area contributed by atoms with Gasteiger partial charge in [-0.3, -0.25) is 4.79 Å². The number of hydrogen-bond donors (Lipinski definition) is 0.